The van der Waals surface area contributed by atoms with E-state index in [9.17, 15) is 13.6 Å². The molecule has 6 heteroatoms. The van der Waals surface area contributed by atoms with Gasteiger partial charge in [-0.1, -0.05) is 0 Å². The fourth-order valence-electron chi connectivity index (χ4n) is 3.66. The Morgan fingerprint density at radius 2 is 1.96 bits per heavy atom. The van der Waals surface area contributed by atoms with Gasteiger partial charge in [-0.2, -0.15) is 0 Å². The molecule has 0 aliphatic carbocycles. The summed E-state index contributed by atoms with van der Waals surface area (Å²) in [5.74, 6) is -0.682. The molecular weight excluding hydrogens is 314 g/mol. The first-order valence-corrected chi connectivity index (χ1v) is 8.18. The predicted molar refractivity (Wildman–Crippen MR) is 84.5 cm³/mol. The molecule has 2 aromatic rings. The quantitative estimate of drug-likeness (QED) is 0.940. The Balaban J connectivity index is 1.50. The van der Waals surface area contributed by atoms with Crippen molar-refractivity contribution in [3.05, 3.63) is 47.7 Å². The van der Waals surface area contributed by atoms with Crippen molar-refractivity contribution in [2.24, 2.45) is 5.92 Å². The van der Waals surface area contributed by atoms with E-state index in [0.717, 1.165) is 50.7 Å². The number of piperidine rings is 3. The van der Waals surface area contributed by atoms with Gasteiger partial charge in [0.2, 0.25) is 0 Å². The standard InChI is InChI=1S/C18H18F2N2O2/c19-12-1-2-14(20)13(9-12)16-3-4-17(24-16)18(23)21-15-10-22-7-5-11(15)6-8-22/h1-4,9,11,15H,5-8,10H2,(H,21,23). The van der Waals surface area contributed by atoms with Crippen LogP contribution in [0.1, 0.15) is 23.4 Å². The maximum Gasteiger partial charge on any atom is 0.287 e. The summed E-state index contributed by atoms with van der Waals surface area (Å²) >= 11 is 0. The van der Waals surface area contributed by atoms with Crippen LogP contribution in [0.4, 0.5) is 8.78 Å². The minimum atomic E-state index is -0.588. The Morgan fingerprint density at radius 1 is 1.17 bits per heavy atom. The van der Waals surface area contributed by atoms with Gasteiger partial charge in [0.1, 0.15) is 17.4 Å². The van der Waals surface area contributed by atoms with Crippen LogP contribution in [0.25, 0.3) is 11.3 Å². The molecule has 126 valence electrons. The number of nitrogens with zero attached hydrogens (tertiary/aromatic N) is 1. The molecule has 1 atom stereocenters. The van der Waals surface area contributed by atoms with E-state index >= 15 is 0 Å². The molecule has 0 spiro atoms. The fraction of sp³-hybridized carbons (Fsp3) is 0.389. The summed E-state index contributed by atoms with van der Waals surface area (Å²) in [6.45, 7) is 3.06. The second-order valence-corrected chi connectivity index (χ2v) is 6.51. The molecule has 3 fully saturated rings. The number of carbonyl (C=O) groups is 1. The number of hydrogen-bond donors (Lipinski definition) is 1. The maximum absolute atomic E-state index is 13.8. The average molecular weight is 332 g/mol. The van der Waals surface area contributed by atoms with Gasteiger partial charge in [-0.25, -0.2) is 8.78 Å². The Kier molecular flexibility index (Phi) is 3.84. The first-order chi connectivity index (χ1) is 11.6. The van der Waals surface area contributed by atoms with Gasteiger partial charge >= 0.3 is 0 Å². The lowest BCUT2D eigenvalue weighted by atomic mass is 9.84. The number of halogens is 2. The van der Waals surface area contributed by atoms with Gasteiger partial charge in [0.15, 0.2) is 5.76 Å². The summed E-state index contributed by atoms with van der Waals surface area (Å²) in [6, 6.07) is 6.26. The normalized spacial score (nSPS) is 25.7. The molecule has 0 saturated carbocycles. The Bertz CT molecular complexity index is 766. The molecule has 1 unspecified atom stereocenters. The first kappa shape index (κ1) is 15.3. The number of carbonyl (C=O) groups excluding carboxylic acids is 1. The van der Waals surface area contributed by atoms with Crippen LogP contribution in [0.3, 0.4) is 0 Å². The molecule has 3 aliphatic heterocycles. The van der Waals surface area contributed by atoms with Gasteiger partial charge < -0.3 is 14.6 Å². The highest BCUT2D eigenvalue weighted by atomic mass is 19.1. The first-order valence-electron chi connectivity index (χ1n) is 8.18. The summed E-state index contributed by atoms with van der Waals surface area (Å²) in [7, 11) is 0. The van der Waals surface area contributed by atoms with Crippen molar-refractivity contribution in [1.82, 2.24) is 10.2 Å². The number of benzene rings is 1. The van der Waals surface area contributed by atoms with Crippen molar-refractivity contribution in [3.8, 4) is 11.3 Å². The molecule has 1 amide bonds. The zero-order valence-electron chi connectivity index (χ0n) is 13.1. The largest absolute Gasteiger partial charge is 0.451 e. The molecule has 4 heterocycles. The lowest BCUT2D eigenvalue weighted by Crippen LogP contribution is -2.57. The van der Waals surface area contributed by atoms with Crippen molar-refractivity contribution < 1.29 is 18.0 Å². The number of rotatable bonds is 3. The lowest BCUT2D eigenvalue weighted by molar-refractivity contribution is 0.0606. The fourth-order valence-corrected chi connectivity index (χ4v) is 3.66. The van der Waals surface area contributed by atoms with Crippen LogP contribution in [-0.4, -0.2) is 36.5 Å². The molecule has 24 heavy (non-hydrogen) atoms. The third kappa shape index (κ3) is 2.82. The van der Waals surface area contributed by atoms with Crippen LogP contribution in [-0.2, 0) is 0 Å². The van der Waals surface area contributed by atoms with Crippen LogP contribution in [0.5, 0.6) is 0 Å². The van der Waals surface area contributed by atoms with Crippen LogP contribution >= 0.6 is 0 Å². The van der Waals surface area contributed by atoms with E-state index in [1.165, 1.54) is 12.1 Å². The lowest BCUT2D eigenvalue weighted by Gasteiger charge is -2.44. The zero-order chi connectivity index (χ0) is 16.7. The topological polar surface area (TPSA) is 45.5 Å². The van der Waals surface area contributed by atoms with Crippen LogP contribution < -0.4 is 5.32 Å². The van der Waals surface area contributed by atoms with Crippen molar-refractivity contribution in [2.75, 3.05) is 19.6 Å². The summed E-state index contributed by atoms with van der Waals surface area (Å²) in [5, 5.41) is 3.02. The van der Waals surface area contributed by atoms with Gasteiger partial charge in [-0.05, 0) is 62.2 Å². The molecule has 2 bridgehead atoms. The van der Waals surface area contributed by atoms with Gasteiger partial charge in [-0.15, -0.1) is 0 Å². The van der Waals surface area contributed by atoms with Crippen LogP contribution in [0, 0.1) is 17.6 Å². The van der Waals surface area contributed by atoms with Crippen molar-refractivity contribution in [1.29, 1.82) is 0 Å². The van der Waals surface area contributed by atoms with Crippen molar-refractivity contribution >= 4 is 5.91 Å². The predicted octanol–water partition coefficient (Wildman–Crippen LogP) is 3.05. The smallest absolute Gasteiger partial charge is 0.287 e. The van der Waals surface area contributed by atoms with E-state index in [-0.39, 0.29) is 29.0 Å². The number of amides is 1. The zero-order valence-corrected chi connectivity index (χ0v) is 13.1. The Morgan fingerprint density at radius 3 is 2.67 bits per heavy atom. The molecule has 1 aromatic carbocycles. The number of nitrogens with one attached hydrogen (secondary N) is 1. The summed E-state index contributed by atoms with van der Waals surface area (Å²) in [4.78, 5) is 14.7. The molecule has 4 nitrogen and oxygen atoms in total. The van der Waals surface area contributed by atoms with Crippen molar-refractivity contribution in [3.63, 3.8) is 0 Å². The third-order valence-corrected chi connectivity index (χ3v) is 5.00. The van der Waals surface area contributed by atoms with E-state index in [4.69, 9.17) is 4.42 Å². The minimum absolute atomic E-state index is 0.0110. The van der Waals surface area contributed by atoms with Gasteiger partial charge in [0.05, 0.1) is 5.56 Å². The molecule has 0 radical (unpaired) electrons. The van der Waals surface area contributed by atoms with Gasteiger partial charge in [-0.3, -0.25) is 4.79 Å². The summed E-state index contributed by atoms with van der Waals surface area (Å²) < 4.78 is 32.6. The maximum atomic E-state index is 13.8. The minimum Gasteiger partial charge on any atom is -0.451 e. The number of furan rings is 1. The SMILES string of the molecule is O=C(NC1CN2CCC1CC2)c1ccc(-c2cc(F)ccc2F)o1. The highest BCUT2D eigenvalue weighted by Crippen LogP contribution is 2.29. The molecular formula is C18H18F2N2O2. The molecule has 3 saturated heterocycles. The van der Waals surface area contributed by atoms with E-state index in [0.29, 0.717) is 5.92 Å². The monoisotopic (exact) mass is 332 g/mol. The summed E-state index contributed by atoms with van der Waals surface area (Å²) in [6.07, 6.45) is 2.20. The van der Waals surface area contributed by atoms with Crippen LogP contribution in [0.15, 0.2) is 34.7 Å². The molecule has 5 rings (SSSR count). The molecule has 1 aromatic heterocycles. The highest BCUT2D eigenvalue weighted by molar-refractivity contribution is 5.92. The van der Waals surface area contributed by atoms with E-state index < -0.39 is 11.6 Å². The summed E-state index contributed by atoms with van der Waals surface area (Å²) in [5.41, 5.74) is 0.0110. The van der Waals surface area contributed by atoms with E-state index in [1.807, 2.05) is 0 Å². The Hall–Kier alpha value is -2.21. The third-order valence-electron chi connectivity index (χ3n) is 5.00. The number of hydrogen-bond acceptors (Lipinski definition) is 3. The number of fused-ring (bicyclic) bond motifs is 3. The van der Waals surface area contributed by atoms with Gasteiger partial charge in [0, 0.05) is 12.6 Å². The second kappa shape index (κ2) is 6.02. The Labute approximate surface area is 138 Å². The van der Waals surface area contributed by atoms with Crippen molar-refractivity contribution in [2.45, 2.75) is 18.9 Å². The van der Waals surface area contributed by atoms with E-state index in [1.54, 1.807) is 0 Å². The highest BCUT2D eigenvalue weighted by Gasteiger charge is 2.35. The van der Waals surface area contributed by atoms with Gasteiger partial charge in [0.25, 0.3) is 5.91 Å². The van der Waals surface area contributed by atoms with Crippen LogP contribution in [0.2, 0.25) is 0 Å². The molecule has 3 aliphatic rings. The second-order valence-electron chi connectivity index (χ2n) is 6.51. The molecule has 1 N–H and O–H groups in total. The average Bonchev–Trinajstić information content (AvgIpc) is 3.08. The van der Waals surface area contributed by atoms with E-state index in [2.05, 4.69) is 10.2 Å².